The molecule has 0 saturated heterocycles. The molecular formula is C20H15BrN4Na2O8S2. The Morgan fingerprint density at radius 3 is 2.19 bits per heavy atom. The maximum absolute atomic E-state index is 12.7. The predicted octanol–water partition coefficient (Wildman–Crippen LogP) is -2.83. The van der Waals surface area contributed by atoms with E-state index >= 15 is 0 Å². The largest absolute Gasteiger partial charge is 1.00 e. The molecule has 0 aliphatic carbocycles. The predicted molar refractivity (Wildman–Crippen MR) is 128 cm³/mol. The molecule has 0 aliphatic heterocycles. The first-order valence-corrected chi connectivity index (χ1v) is 13.0. The molecule has 3 rings (SSSR count). The molecule has 0 amide bonds. The van der Waals surface area contributed by atoms with E-state index in [-0.39, 0.29) is 91.4 Å². The third kappa shape index (κ3) is 8.06. The molecule has 0 aliphatic rings. The van der Waals surface area contributed by atoms with Crippen molar-refractivity contribution in [3.63, 3.8) is 0 Å². The summed E-state index contributed by atoms with van der Waals surface area (Å²) in [6.45, 7) is 3.36. The van der Waals surface area contributed by atoms with Crippen LogP contribution < -0.4 is 74.6 Å². The Morgan fingerprint density at radius 2 is 1.65 bits per heavy atom. The van der Waals surface area contributed by atoms with E-state index in [0.717, 1.165) is 18.2 Å². The average molecular weight is 629 g/mol. The van der Waals surface area contributed by atoms with Crippen LogP contribution in [0.2, 0.25) is 0 Å². The van der Waals surface area contributed by atoms with Gasteiger partial charge in [-0.2, -0.15) is 16.8 Å². The van der Waals surface area contributed by atoms with Crippen molar-refractivity contribution >= 4 is 75.6 Å². The Bertz CT molecular complexity index is 1650. The van der Waals surface area contributed by atoms with Gasteiger partial charge < -0.3 is 15.5 Å². The van der Waals surface area contributed by atoms with Gasteiger partial charge in [0.05, 0.1) is 16.3 Å². The van der Waals surface area contributed by atoms with Crippen LogP contribution in [-0.4, -0.2) is 38.9 Å². The van der Waals surface area contributed by atoms with E-state index in [1.54, 1.807) is 0 Å². The maximum Gasteiger partial charge on any atom is 1.00 e. The summed E-state index contributed by atoms with van der Waals surface area (Å²) in [5, 5.41) is 35.1. The molecule has 3 aromatic carbocycles. The average Bonchev–Trinajstić information content (AvgIpc) is 2.76. The van der Waals surface area contributed by atoms with Gasteiger partial charge in [-0.15, -0.1) is 10.2 Å². The van der Waals surface area contributed by atoms with Crippen molar-refractivity contribution in [1.82, 2.24) is 0 Å². The number of hydrogen-bond donors (Lipinski definition) is 3. The number of nitrogens with zero attached hydrogens (tertiary/aromatic N) is 3. The third-order valence-corrected chi connectivity index (χ3v) is 6.59. The second-order valence-corrected chi connectivity index (χ2v) is 10.6. The van der Waals surface area contributed by atoms with Crippen molar-refractivity contribution in [1.29, 1.82) is 0 Å². The Morgan fingerprint density at radius 1 is 1.00 bits per heavy atom. The van der Waals surface area contributed by atoms with Gasteiger partial charge in [-0.25, -0.2) is 0 Å². The summed E-state index contributed by atoms with van der Waals surface area (Å²) in [6, 6.07) is 7.95. The van der Waals surface area contributed by atoms with Crippen LogP contribution in [0.4, 0.5) is 22.7 Å². The molecule has 0 spiro atoms. The summed E-state index contributed by atoms with van der Waals surface area (Å²) >= 11 is 2.86. The fourth-order valence-corrected chi connectivity index (χ4v) is 4.24. The zero-order valence-electron chi connectivity index (χ0n) is 19.6. The number of hydrogen-bond acceptors (Lipinski definition) is 10. The minimum atomic E-state index is -4.84. The number of fused-ring (bicyclic) bond motifs is 1. The van der Waals surface area contributed by atoms with Gasteiger partial charge in [-0.3, -0.25) is 14.1 Å². The minimum absolute atomic E-state index is 0. The monoisotopic (exact) mass is 628 g/mol. The molecule has 0 heterocycles. The molecule has 37 heavy (non-hydrogen) atoms. The molecule has 0 unspecified atom stereocenters. The SMILES string of the molecule is C=C(Br)C([O-])=Nc1ccc(N=Nc2c(NC)ccc3cc(S(=O)(=O)O)cc([O-])c23)c(S(=O)(=O)O)c1.[Na+].[Na+]. The van der Waals surface area contributed by atoms with Gasteiger partial charge in [0.1, 0.15) is 16.3 Å². The van der Waals surface area contributed by atoms with E-state index in [1.165, 1.54) is 25.2 Å². The third-order valence-electron chi connectivity index (χ3n) is 4.54. The molecule has 0 saturated carbocycles. The first kappa shape index (κ1) is 33.7. The van der Waals surface area contributed by atoms with Crippen LogP contribution in [0.25, 0.3) is 10.8 Å². The molecule has 17 heteroatoms. The molecule has 3 aromatic rings. The quantitative estimate of drug-likeness (QED) is 0.0809. The molecule has 12 nitrogen and oxygen atoms in total. The zero-order chi connectivity index (χ0) is 26.1. The molecule has 0 aromatic heterocycles. The number of aliphatic imine (C=N–C) groups is 1. The van der Waals surface area contributed by atoms with Crippen molar-refractivity contribution in [2.75, 3.05) is 12.4 Å². The van der Waals surface area contributed by atoms with Gasteiger partial charge in [0, 0.05) is 22.8 Å². The normalized spacial score (nSPS) is 12.2. The molecule has 0 atom stereocenters. The molecule has 3 N–H and O–H groups in total. The van der Waals surface area contributed by atoms with Crippen LogP contribution in [0.3, 0.4) is 0 Å². The number of benzene rings is 3. The first-order chi connectivity index (χ1) is 16.2. The van der Waals surface area contributed by atoms with Gasteiger partial charge in [-0.05, 0) is 41.8 Å². The van der Waals surface area contributed by atoms with Crippen LogP contribution in [-0.2, 0) is 20.2 Å². The summed E-state index contributed by atoms with van der Waals surface area (Å²) in [6.07, 6.45) is 0. The van der Waals surface area contributed by atoms with Gasteiger partial charge in [0.2, 0.25) is 0 Å². The van der Waals surface area contributed by atoms with Crippen molar-refractivity contribution in [3.8, 4) is 5.75 Å². The van der Waals surface area contributed by atoms with Crippen LogP contribution in [0.15, 0.2) is 78.5 Å². The second kappa shape index (κ2) is 13.1. The number of nitrogens with one attached hydrogen (secondary N) is 1. The maximum atomic E-state index is 12.7. The van der Waals surface area contributed by atoms with Gasteiger partial charge in [0.15, 0.2) is 0 Å². The molecule has 184 valence electrons. The van der Waals surface area contributed by atoms with E-state index in [0.29, 0.717) is 11.8 Å². The van der Waals surface area contributed by atoms with Crippen LogP contribution in [0.5, 0.6) is 5.75 Å². The summed E-state index contributed by atoms with van der Waals surface area (Å²) < 4.78 is 65.6. The van der Waals surface area contributed by atoms with Gasteiger partial charge >= 0.3 is 59.1 Å². The zero-order valence-corrected chi connectivity index (χ0v) is 26.8. The van der Waals surface area contributed by atoms with Crippen molar-refractivity contribution in [2.45, 2.75) is 9.79 Å². The topological polar surface area (TPSA) is 204 Å². The van der Waals surface area contributed by atoms with Crippen molar-refractivity contribution in [2.24, 2.45) is 15.2 Å². The number of azo groups is 1. The summed E-state index contributed by atoms with van der Waals surface area (Å²) in [4.78, 5) is 2.33. The van der Waals surface area contributed by atoms with Gasteiger partial charge in [0.25, 0.3) is 20.2 Å². The van der Waals surface area contributed by atoms with Gasteiger partial charge in [-0.1, -0.05) is 34.3 Å². The standard InChI is InChI=1S/C20H17BrN4O8S2.2Na/c1-10(21)20(27)23-12-4-6-14(17(8-12)35(31,32)33)24-25-19-15(22-2)5-3-11-7-13(34(28,29)30)9-16(26)18(11)19;;/h3-9,22,26H,1H2,2H3,(H,23,27)(H,28,29,30)(H,31,32,33);;/q;2*+1/p-2. The minimum Gasteiger partial charge on any atom is -0.872 e. The fraction of sp³-hybridized carbons (Fsp3) is 0.0500. The van der Waals surface area contributed by atoms with E-state index in [2.05, 4.69) is 43.0 Å². The molecule has 0 fully saturated rings. The Hall–Kier alpha value is -1.37. The number of rotatable bonds is 7. The summed E-state index contributed by atoms with van der Waals surface area (Å²) in [5.74, 6) is -1.57. The number of halogens is 1. The molecule has 0 bridgehead atoms. The Balaban J connectivity index is 0.00000342. The first-order valence-electron chi connectivity index (χ1n) is 9.29. The molecule has 0 radical (unpaired) electrons. The second-order valence-electron chi connectivity index (χ2n) is 6.86. The van der Waals surface area contributed by atoms with Crippen LogP contribution in [0.1, 0.15) is 0 Å². The summed E-state index contributed by atoms with van der Waals surface area (Å²) in [5.41, 5.74) is -0.211. The van der Waals surface area contributed by atoms with Crippen molar-refractivity contribution in [3.05, 3.63) is 53.5 Å². The van der Waals surface area contributed by atoms with Crippen LogP contribution >= 0.6 is 15.9 Å². The van der Waals surface area contributed by atoms with E-state index < -0.39 is 41.7 Å². The van der Waals surface area contributed by atoms with Crippen LogP contribution in [0, 0.1) is 0 Å². The Labute approximate surface area is 264 Å². The van der Waals surface area contributed by atoms with Crippen molar-refractivity contribution < 1.29 is 95.3 Å². The summed E-state index contributed by atoms with van der Waals surface area (Å²) in [7, 11) is -7.96. The Kier molecular flexibility index (Phi) is 11.9. The van der Waals surface area contributed by atoms with E-state index in [4.69, 9.17) is 0 Å². The fourth-order valence-electron chi connectivity index (χ4n) is 2.98. The molecular weight excluding hydrogens is 614 g/mol. The van der Waals surface area contributed by atoms with E-state index in [9.17, 15) is 36.2 Å². The number of anilines is 1. The van der Waals surface area contributed by atoms with E-state index in [1.807, 2.05) is 0 Å². The smallest absolute Gasteiger partial charge is 0.872 e.